The SMILES string of the molecule is CCC(CCCCCCOC(=O)C1CC(C)(C)N(C)C1(C)C)OC(=O)C1CC(C)(C)N(C)C1(C)C. The van der Waals surface area contributed by atoms with Crippen LogP contribution in [-0.2, 0) is 19.1 Å². The number of nitrogens with zero attached hydrogens (tertiary/aromatic N) is 2. The maximum Gasteiger partial charge on any atom is 0.311 e. The van der Waals surface area contributed by atoms with Gasteiger partial charge in [0.05, 0.1) is 18.4 Å². The predicted molar refractivity (Wildman–Crippen MR) is 142 cm³/mol. The predicted octanol–water partition coefficient (Wildman–Crippen LogP) is 5.82. The molecule has 35 heavy (non-hydrogen) atoms. The van der Waals surface area contributed by atoms with E-state index < -0.39 is 0 Å². The average molecular weight is 495 g/mol. The Morgan fingerprint density at radius 1 is 0.771 bits per heavy atom. The molecule has 6 nitrogen and oxygen atoms in total. The highest BCUT2D eigenvalue weighted by Gasteiger charge is 2.54. The van der Waals surface area contributed by atoms with E-state index in [-0.39, 0.29) is 52.0 Å². The largest absolute Gasteiger partial charge is 0.465 e. The summed E-state index contributed by atoms with van der Waals surface area (Å²) < 4.78 is 11.7. The molecule has 2 fully saturated rings. The summed E-state index contributed by atoms with van der Waals surface area (Å²) in [6.45, 7) is 19.9. The molecule has 2 aliphatic heterocycles. The average Bonchev–Trinajstić information content (AvgIpc) is 3.04. The molecule has 0 aliphatic carbocycles. The van der Waals surface area contributed by atoms with Gasteiger partial charge in [0, 0.05) is 22.2 Å². The van der Waals surface area contributed by atoms with Gasteiger partial charge in [0.25, 0.3) is 0 Å². The first-order valence-corrected chi connectivity index (χ1v) is 13.8. The van der Waals surface area contributed by atoms with Crippen molar-refractivity contribution in [3.63, 3.8) is 0 Å². The number of esters is 2. The molecular weight excluding hydrogens is 440 g/mol. The molecule has 0 radical (unpaired) electrons. The van der Waals surface area contributed by atoms with Crippen molar-refractivity contribution in [1.29, 1.82) is 0 Å². The van der Waals surface area contributed by atoms with Crippen molar-refractivity contribution < 1.29 is 19.1 Å². The third kappa shape index (κ3) is 6.60. The second-order valence-electron chi connectivity index (χ2n) is 13.4. The molecule has 0 spiro atoms. The maximum absolute atomic E-state index is 13.0. The summed E-state index contributed by atoms with van der Waals surface area (Å²) in [6.07, 6.45) is 7.36. The molecule has 0 aromatic rings. The number of carbonyl (C=O) groups excluding carboxylic acids is 2. The summed E-state index contributed by atoms with van der Waals surface area (Å²) >= 11 is 0. The Hall–Kier alpha value is -1.14. The van der Waals surface area contributed by atoms with Gasteiger partial charge in [-0.2, -0.15) is 0 Å². The van der Waals surface area contributed by atoms with Gasteiger partial charge in [-0.05, 0) is 108 Å². The zero-order valence-electron chi connectivity index (χ0n) is 24.6. The van der Waals surface area contributed by atoms with Gasteiger partial charge in [0.2, 0.25) is 0 Å². The fourth-order valence-corrected chi connectivity index (χ4v) is 6.24. The van der Waals surface area contributed by atoms with Crippen LogP contribution in [0.4, 0.5) is 0 Å². The summed E-state index contributed by atoms with van der Waals surface area (Å²) in [5.41, 5.74) is -0.384. The topological polar surface area (TPSA) is 59.1 Å². The zero-order chi connectivity index (χ0) is 26.8. The van der Waals surface area contributed by atoms with Gasteiger partial charge in [-0.3, -0.25) is 19.4 Å². The smallest absolute Gasteiger partial charge is 0.311 e. The molecule has 3 atom stereocenters. The van der Waals surface area contributed by atoms with Crippen LogP contribution in [0.15, 0.2) is 0 Å². The van der Waals surface area contributed by atoms with Crippen LogP contribution in [0.2, 0.25) is 0 Å². The van der Waals surface area contributed by atoms with E-state index in [0.717, 1.165) is 51.4 Å². The Morgan fingerprint density at radius 3 is 1.66 bits per heavy atom. The van der Waals surface area contributed by atoms with E-state index in [0.29, 0.717) is 6.61 Å². The van der Waals surface area contributed by atoms with Crippen molar-refractivity contribution in [2.24, 2.45) is 11.8 Å². The van der Waals surface area contributed by atoms with Crippen LogP contribution >= 0.6 is 0 Å². The van der Waals surface area contributed by atoms with Crippen LogP contribution < -0.4 is 0 Å². The second kappa shape index (κ2) is 11.1. The lowest BCUT2D eigenvalue weighted by molar-refractivity contribution is -0.157. The van der Waals surface area contributed by atoms with Gasteiger partial charge in [0.1, 0.15) is 6.10 Å². The Balaban J connectivity index is 1.67. The normalized spacial score (nSPS) is 28.1. The first-order valence-electron chi connectivity index (χ1n) is 13.8. The zero-order valence-corrected chi connectivity index (χ0v) is 24.6. The molecule has 2 aliphatic rings. The molecule has 3 unspecified atom stereocenters. The van der Waals surface area contributed by atoms with Crippen LogP contribution in [0.5, 0.6) is 0 Å². The number of unbranched alkanes of at least 4 members (excludes halogenated alkanes) is 3. The second-order valence-corrected chi connectivity index (χ2v) is 13.4. The van der Waals surface area contributed by atoms with E-state index in [1.54, 1.807) is 0 Å². The van der Waals surface area contributed by atoms with Gasteiger partial charge >= 0.3 is 11.9 Å². The third-order valence-corrected chi connectivity index (χ3v) is 9.63. The molecule has 204 valence electrons. The molecule has 2 rings (SSSR count). The summed E-state index contributed by atoms with van der Waals surface area (Å²) in [6, 6.07) is 0. The van der Waals surface area contributed by atoms with Gasteiger partial charge in [-0.25, -0.2) is 0 Å². The minimum Gasteiger partial charge on any atom is -0.465 e. The van der Waals surface area contributed by atoms with Crippen molar-refractivity contribution >= 4 is 11.9 Å². The first-order chi connectivity index (χ1) is 16.0. The monoisotopic (exact) mass is 494 g/mol. The molecule has 2 heterocycles. The lowest BCUT2D eigenvalue weighted by Crippen LogP contribution is -2.48. The fourth-order valence-electron chi connectivity index (χ4n) is 6.24. The van der Waals surface area contributed by atoms with Crippen LogP contribution in [0, 0.1) is 11.8 Å². The summed E-state index contributed by atoms with van der Waals surface area (Å²) in [4.78, 5) is 30.4. The summed E-state index contributed by atoms with van der Waals surface area (Å²) in [5.74, 6) is -0.289. The van der Waals surface area contributed by atoms with Crippen molar-refractivity contribution in [3.05, 3.63) is 0 Å². The van der Waals surface area contributed by atoms with Crippen LogP contribution in [0.25, 0.3) is 0 Å². The lowest BCUT2D eigenvalue weighted by atomic mass is 9.87. The van der Waals surface area contributed by atoms with E-state index in [9.17, 15) is 9.59 Å². The fraction of sp³-hybridized carbons (Fsp3) is 0.931. The van der Waals surface area contributed by atoms with Gasteiger partial charge < -0.3 is 9.47 Å². The highest BCUT2D eigenvalue weighted by molar-refractivity contribution is 5.75. The molecule has 0 N–H and O–H groups in total. The van der Waals surface area contributed by atoms with Gasteiger partial charge in [-0.1, -0.05) is 19.8 Å². The quantitative estimate of drug-likeness (QED) is 0.266. The molecule has 0 saturated carbocycles. The first kappa shape index (κ1) is 30.1. The van der Waals surface area contributed by atoms with Crippen LogP contribution in [-0.4, -0.2) is 70.7 Å². The molecule has 2 saturated heterocycles. The van der Waals surface area contributed by atoms with Crippen molar-refractivity contribution in [1.82, 2.24) is 9.80 Å². The third-order valence-electron chi connectivity index (χ3n) is 9.63. The number of ether oxygens (including phenoxy) is 2. The Kier molecular flexibility index (Phi) is 9.53. The minimum atomic E-state index is -0.199. The molecule has 0 aromatic heterocycles. The van der Waals surface area contributed by atoms with E-state index >= 15 is 0 Å². The number of carbonyl (C=O) groups is 2. The van der Waals surface area contributed by atoms with E-state index in [4.69, 9.17) is 9.47 Å². The number of hydrogen-bond acceptors (Lipinski definition) is 6. The van der Waals surface area contributed by atoms with E-state index in [1.807, 2.05) is 0 Å². The summed E-state index contributed by atoms with van der Waals surface area (Å²) in [7, 11) is 4.21. The molecular formula is C29H54N2O4. The summed E-state index contributed by atoms with van der Waals surface area (Å²) in [5, 5.41) is 0. The van der Waals surface area contributed by atoms with E-state index in [2.05, 4.69) is 86.2 Å². The number of rotatable bonds is 11. The lowest BCUT2D eigenvalue weighted by Gasteiger charge is -2.38. The van der Waals surface area contributed by atoms with Gasteiger partial charge in [0.15, 0.2) is 0 Å². The van der Waals surface area contributed by atoms with Crippen LogP contribution in [0.3, 0.4) is 0 Å². The Bertz CT molecular complexity index is 743. The standard InChI is InChI=1S/C29H54N2O4/c1-12-21(35-25(33)23-20-27(4,5)31(11)29(23,8)9)17-15-13-14-16-18-34-24(32)22-19-26(2,3)30(10)28(22,6)7/h21-23H,12-20H2,1-11H3. The molecule has 6 heteroatoms. The molecule has 0 bridgehead atoms. The highest BCUT2D eigenvalue weighted by atomic mass is 16.5. The van der Waals surface area contributed by atoms with Crippen molar-refractivity contribution in [3.8, 4) is 0 Å². The molecule has 0 amide bonds. The number of likely N-dealkylation sites (tertiary alicyclic amines) is 2. The Morgan fingerprint density at radius 2 is 1.23 bits per heavy atom. The Labute approximate surface area is 215 Å². The van der Waals surface area contributed by atoms with E-state index in [1.165, 1.54) is 0 Å². The number of hydrogen-bond donors (Lipinski definition) is 0. The minimum absolute atomic E-state index is 0.00199. The maximum atomic E-state index is 13.0. The van der Waals surface area contributed by atoms with Gasteiger partial charge in [-0.15, -0.1) is 0 Å². The highest BCUT2D eigenvalue weighted by Crippen LogP contribution is 2.45. The molecule has 0 aromatic carbocycles. The van der Waals surface area contributed by atoms with Crippen molar-refractivity contribution in [2.45, 2.75) is 142 Å². The van der Waals surface area contributed by atoms with Crippen LogP contribution in [0.1, 0.15) is 114 Å². The van der Waals surface area contributed by atoms with Crippen molar-refractivity contribution in [2.75, 3.05) is 20.7 Å².